The lowest BCUT2D eigenvalue weighted by Crippen LogP contribution is -2.39. The second-order valence-electron chi connectivity index (χ2n) is 5.10. The van der Waals surface area contributed by atoms with Crippen molar-refractivity contribution in [1.29, 1.82) is 0 Å². The van der Waals surface area contributed by atoms with Crippen LogP contribution in [0.15, 0.2) is 9.95 Å². The first-order chi connectivity index (χ1) is 9.49. The molecule has 0 bridgehead atoms. The van der Waals surface area contributed by atoms with Crippen molar-refractivity contribution in [3.63, 3.8) is 0 Å². The topological polar surface area (TPSA) is 94.1 Å². The molecule has 0 aliphatic carbocycles. The second-order valence-corrected chi connectivity index (χ2v) is 6.04. The number of nitrogen functional groups attached to an aromatic ring is 1. The lowest BCUT2D eigenvalue weighted by atomic mass is 9.99. The third-order valence-electron chi connectivity index (χ3n) is 3.48. The van der Waals surface area contributed by atoms with Gasteiger partial charge in [-0.05, 0) is 25.7 Å². The maximum atomic E-state index is 12.1. The summed E-state index contributed by atoms with van der Waals surface area (Å²) < 4.78 is 0.943. The summed E-state index contributed by atoms with van der Waals surface area (Å²) in [6.45, 7) is 5.35. The normalized spacial score (nSPS) is 16.4. The molecule has 1 aliphatic heterocycles. The highest BCUT2D eigenvalue weighted by Crippen LogP contribution is 2.18. The zero-order valence-corrected chi connectivity index (χ0v) is 12.5. The molecule has 1 saturated heterocycles. The van der Waals surface area contributed by atoms with Crippen LogP contribution in [0.3, 0.4) is 0 Å². The number of amides is 1. The van der Waals surface area contributed by atoms with Gasteiger partial charge in [0.2, 0.25) is 11.1 Å². The van der Waals surface area contributed by atoms with Gasteiger partial charge in [-0.25, -0.2) is 0 Å². The molecule has 0 radical (unpaired) electrons. The number of aryl methyl sites for hydroxylation is 1. The average molecular weight is 297 g/mol. The lowest BCUT2D eigenvalue weighted by Gasteiger charge is -2.30. The van der Waals surface area contributed by atoms with Crippen LogP contribution in [0.25, 0.3) is 0 Å². The fourth-order valence-corrected chi connectivity index (χ4v) is 2.80. The van der Waals surface area contributed by atoms with E-state index in [4.69, 9.17) is 5.84 Å². The predicted molar refractivity (Wildman–Crippen MR) is 76.9 cm³/mol. The number of carbonyl (C=O) groups is 1. The summed E-state index contributed by atoms with van der Waals surface area (Å²) in [7, 11) is 0. The molecule has 2 N–H and O–H groups in total. The second kappa shape index (κ2) is 6.25. The smallest absolute Gasteiger partial charge is 0.294 e. The predicted octanol–water partition coefficient (Wildman–Crippen LogP) is 0.0111. The Morgan fingerprint density at radius 3 is 2.70 bits per heavy atom. The summed E-state index contributed by atoms with van der Waals surface area (Å²) in [5.41, 5.74) is -0.144. The minimum absolute atomic E-state index is 0.0525. The third kappa shape index (κ3) is 3.30. The average Bonchev–Trinajstić information content (AvgIpc) is 2.44. The number of nitrogens with two attached hydrogens (primary N) is 1. The minimum Gasteiger partial charge on any atom is -0.342 e. The summed E-state index contributed by atoms with van der Waals surface area (Å²) in [5, 5.41) is 7.84. The van der Waals surface area contributed by atoms with Crippen molar-refractivity contribution < 1.29 is 4.79 Å². The number of carbonyl (C=O) groups excluding carboxylic acids is 1. The van der Waals surface area contributed by atoms with Crippen LogP contribution in [-0.4, -0.2) is 44.5 Å². The van der Waals surface area contributed by atoms with Crippen molar-refractivity contribution in [3.05, 3.63) is 16.0 Å². The highest BCUT2D eigenvalue weighted by molar-refractivity contribution is 7.99. The summed E-state index contributed by atoms with van der Waals surface area (Å²) >= 11 is 1.15. The Labute approximate surface area is 121 Å². The molecule has 2 rings (SSSR count). The van der Waals surface area contributed by atoms with E-state index >= 15 is 0 Å². The Morgan fingerprint density at radius 2 is 2.05 bits per heavy atom. The number of piperidine rings is 1. The van der Waals surface area contributed by atoms with Gasteiger partial charge in [-0.2, -0.15) is 4.68 Å². The number of aromatic nitrogens is 3. The fourth-order valence-electron chi connectivity index (χ4n) is 2.04. The van der Waals surface area contributed by atoms with E-state index in [2.05, 4.69) is 17.1 Å². The number of hydrogen-bond donors (Lipinski definition) is 1. The first-order valence-corrected chi connectivity index (χ1v) is 7.59. The van der Waals surface area contributed by atoms with Crippen molar-refractivity contribution in [2.75, 3.05) is 24.7 Å². The highest BCUT2D eigenvalue weighted by Gasteiger charge is 2.21. The van der Waals surface area contributed by atoms with Gasteiger partial charge in [-0.1, -0.05) is 18.7 Å². The van der Waals surface area contributed by atoms with Crippen molar-refractivity contribution >= 4 is 17.7 Å². The monoisotopic (exact) mass is 297 g/mol. The molecule has 1 amide bonds. The van der Waals surface area contributed by atoms with Gasteiger partial charge in [0.15, 0.2) is 0 Å². The quantitative estimate of drug-likeness (QED) is 0.624. The molecule has 0 atom stereocenters. The van der Waals surface area contributed by atoms with Gasteiger partial charge in [0.25, 0.3) is 5.56 Å². The Balaban J connectivity index is 1.94. The van der Waals surface area contributed by atoms with Gasteiger partial charge in [-0.3, -0.25) is 9.59 Å². The molecule has 2 heterocycles. The van der Waals surface area contributed by atoms with Gasteiger partial charge in [-0.15, -0.1) is 10.2 Å². The molecule has 7 nitrogen and oxygen atoms in total. The van der Waals surface area contributed by atoms with Crippen LogP contribution in [-0.2, 0) is 4.79 Å². The van der Waals surface area contributed by atoms with E-state index in [0.717, 1.165) is 42.4 Å². The van der Waals surface area contributed by atoms with E-state index in [1.165, 1.54) is 0 Å². The molecule has 1 aromatic heterocycles. The lowest BCUT2D eigenvalue weighted by molar-refractivity contribution is -0.129. The molecular formula is C12H19N5O2S. The van der Waals surface area contributed by atoms with Crippen molar-refractivity contribution in [3.8, 4) is 0 Å². The SMILES string of the molecule is Cc1nnc(SCC(=O)N2CCC(C)CC2)n(N)c1=O. The molecule has 8 heteroatoms. The molecule has 1 aliphatic rings. The largest absolute Gasteiger partial charge is 0.342 e. The number of thioether (sulfide) groups is 1. The maximum absolute atomic E-state index is 12.1. The molecule has 0 unspecified atom stereocenters. The van der Waals surface area contributed by atoms with Gasteiger partial charge in [0.1, 0.15) is 5.69 Å². The van der Waals surface area contributed by atoms with E-state index < -0.39 is 0 Å². The number of nitrogens with zero attached hydrogens (tertiary/aromatic N) is 4. The fraction of sp³-hybridized carbons (Fsp3) is 0.667. The van der Waals surface area contributed by atoms with Crippen LogP contribution in [0.4, 0.5) is 0 Å². The first kappa shape index (κ1) is 14.8. The van der Waals surface area contributed by atoms with E-state index in [1.54, 1.807) is 6.92 Å². The molecule has 1 aromatic rings. The molecule has 20 heavy (non-hydrogen) atoms. The number of hydrogen-bond acceptors (Lipinski definition) is 6. The van der Waals surface area contributed by atoms with Crippen molar-refractivity contribution in [2.45, 2.75) is 31.8 Å². The standard InChI is InChI=1S/C12H19N5O2S/c1-8-3-5-16(6-4-8)10(18)7-20-12-15-14-9(2)11(19)17(12)13/h8H,3-7,13H2,1-2H3. The van der Waals surface area contributed by atoms with Crippen LogP contribution >= 0.6 is 11.8 Å². The molecule has 0 spiro atoms. The van der Waals surface area contributed by atoms with Gasteiger partial charge < -0.3 is 10.7 Å². The Kier molecular flexibility index (Phi) is 4.64. The number of likely N-dealkylation sites (tertiary alicyclic amines) is 1. The van der Waals surface area contributed by atoms with E-state index in [1.807, 2.05) is 4.90 Å². The summed E-state index contributed by atoms with van der Waals surface area (Å²) in [4.78, 5) is 25.5. The minimum atomic E-state index is -0.387. The molecular weight excluding hydrogens is 278 g/mol. The van der Waals surface area contributed by atoms with Crippen LogP contribution in [0, 0.1) is 12.8 Å². The zero-order chi connectivity index (χ0) is 14.7. The van der Waals surface area contributed by atoms with Gasteiger partial charge in [0.05, 0.1) is 5.75 Å². The van der Waals surface area contributed by atoms with Crippen LogP contribution in [0.2, 0.25) is 0 Å². The van der Waals surface area contributed by atoms with E-state index in [-0.39, 0.29) is 28.1 Å². The van der Waals surface area contributed by atoms with Gasteiger partial charge in [0, 0.05) is 13.1 Å². The van der Waals surface area contributed by atoms with E-state index in [9.17, 15) is 9.59 Å². The van der Waals surface area contributed by atoms with Crippen LogP contribution in [0.5, 0.6) is 0 Å². The highest BCUT2D eigenvalue weighted by atomic mass is 32.2. The summed E-state index contributed by atoms with van der Waals surface area (Å²) in [6.07, 6.45) is 2.09. The summed E-state index contributed by atoms with van der Waals surface area (Å²) in [6, 6.07) is 0. The van der Waals surface area contributed by atoms with Crippen molar-refractivity contribution in [1.82, 2.24) is 19.8 Å². The molecule has 110 valence electrons. The number of rotatable bonds is 3. The van der Waals surface area contributed by atoms with Crippen LogP contribution in [0.1, 0.15) is 25.5 Å². The first-order valence-electron chi connectivity index (χ1n) is 6.61. The third-order valence-corrected chi connectivity index (χ3v) is 4.41. The van der Waals surface area contributed by atoms with Crippen LogP contribution < -0.4 is 11.4 Å². The Bertz CT molecular complexity index is 551. The Hall–Kier alpha value is -1.57. The molecule has 1 fully saturated rings. The zero-order valence-electron chi connectivity index (χ0n) is 11.7. The summed E-state index contributed by atoms with van der Waals surface area (Å²) in [5.74, 6) is 6.58. The Morgan fingerprint density at radius 1 is 1.40 bits per heavy atom. The molecule has 0 aromatic carbocycles. The molecule has 0 saturated carbocycles. The van der Waals surface area contributed by atoms with Gasteiger partial charge >= 0.3 is 0 Å². The van der Waals surface area contributed by atoms with Crippen molar-refractivity contribution in [2.24, 2.45) is 5.92 Å². The van der Waals surface area contributed by atoms with E-state index in [0.29, 0.717) is 5.92 Å². The maximum Gasteiger partial charge on any atom is 0.294 e.